The van der Waals surface area contributed by atoms with Crippen molar-refractivity contribution < 1.29 is 22.7 Å². The Balaban J connectivity index is 1.66. The number of anilines is 1. The van der Waals surface area contributed by atoms with Crippen LogP contribution in [0.2, 0.25) is 0 Å². The van der Waals surface area contributed by atoms with Crippen LogP contribution in [0.25, 0.3) is 17.2 Å². The van der Waals surface area contributed by atoms with Crippen molar-refractivity contribution in [3.8, 4) is 23.1 Å². The van der Waals surface area contributed by atoms with Gasteiger partial charge in [0.15, 0.2) is 17.3 Å². The van der Waals surface area contributed by atoms with Gasteiger partial charge in [-0.15, -0.1) is 10.2 Å². The average Bonchev–Trinajstić information content (AvgIpc) is 3.41. The van der Waals surface area contributed by atoms with E-state index < -0.39 is 23.3 Å². The molecule has 0 aliphatic heterocycles. The van der Waals surface area contributed by atoms with E-state index in [1.807, 2.05) is 0 Å². The van der Waals surface area contributed by atoms with Crippen molar-refractivity contribution in [2.75, 3.05) is 12.4 Å². The first-order valence-corrected chi connectivity index (χ1v) is 9.10. The number of ether oxygens (including phenoxy) is 1. The lowest BCUT2D eigenvalue weighted by molar-refractivity contribution is -0.143. The Bertz CT molecular complexity index is 1260. The van der Waals surface area contributed by atoms with E-state index in [0.717, 1.165) is 6.20 Å². The molecular weight excluding hydrogens is 429 g/mol. The normalized spacial score (nSPS) is 11.4. The number of nitrogens with one attached hydrogen (secondary N) is 2. The minimum atomic E-state index is -4.89. The number of halogens is 3. The topological polar surface area (TPSA) is 124 Å². The first-order chi connectivity index (χ1) is 15.3. The number of H-pyrrole nitrogens is 1. The van der Waals surface area contributed by atoms with Crippen molar-refractivity contribution >= 4 is 11.6 Å². The first-order valence-electron chi connectivity index (χ1n) is 9.10. The average molecular weight is 444 g/mol. The van der Waals surface area contributed by atoms with E-state index in [1.54, 1.807) is 25.1 Å². The highest BCUT2D eigenvalue weighted by atomic mass is 19.4. The molecule has 10 nitrogen and oxygen atoms in total. The molecule has 0 saturated heterocycles. The molecule has 0 atom stereocenters. The van der Waals surface area contributed by atoms with Gasteiger partial charge >= 0.3 is 6.18 Å². The number of aromatic amines is 1. The van der Waals surface area contributed by atoms with Gasteiger partial charge < -0.3 is 10.1 Å². The van der Waals surface area contributed by atoms with Gasteiger partial charge in [0.05, 0.1) is 18.9 Å². The Labute approximate surface area is 178 Å². The summed E-state index contributed by atoms with van der Waals surface area (Å²) in [4.78, 5) is 16.9. The molecule has 3 aromatic heterocycles. The molecule has 164 valence electrons. The van der Waals surface area contributed by atoms with Gasteiger partial charge in [0.1, 0.15) is 5.82 Å². The Morgan fingerprint density at radius 3 is 2.62 bits per heavy atom. The summed E-state index contributed by atoms with van der Waals surface area (Å²) >= 11 is 0. The molecule has 0 fully saturated rings. The van der Waals surface area contributed by atoms with E-state index in [4.69, 9.17) is 4.74 Å². The van der Waals surface area contributed by atoms with Crippen LogP contribution in [-0.4, -0.2) is 48.2 Å². The third-order valence-corrected chi connectivity index (χ3v) is 4.31. The fraction of sp³-hybridized carbons (Fsp3) is 0.158. The van der Waals surface area contributed by atoms with Crippen LogP contribution < -0.4 is 10.1 Å². The van der Waals surface area contributed by atoms with E-state index in [1.165, 1.54) is 25.3 Å². The molecule has 32 heavy (non-hydrogen) atoms. The number of aryl methyl sites for hydroxylation is 1. The molecule has 0 unspecified atom stereocenters. The molecule has 3 heterocycles. The SMILES string of the molecule is COc1ccc(-n2ncc(C(=O)Nc3cccc(-c4n[nH]c(C)n4)c3)c2C(F)(F)F)nn1. The number of carbonyl (C=O) groups is 1. The number of amides is 1. The second-order valence-electron chi connectivity index (χ2n) is 6.53. The highest BCUT2D eigenvalue weighted by Gasteiger charge is 2.41. The molecule has 2 N–H and O–H groups in total. The summed E-state index contributed by atoms with van der Waals surface area (Å²) in [5, 5.41) is 20.2. The van der Waals surface area contributed by atoms with Crippen LogP contribution in [0, 0.1) is 6.92 Å². The van der Waals surface area contributed by atoms with Crippen LogP contribution in [0.5, 0.6) is 5.88 Å². The predicted molar refractivity (Wildman–Crippen MR) is 105 cm³/mol. The summed E-state index contributed by atoms with van der Waals surface area (Å²) in [5.41, 5.74) is -1.11. The van der Waals surface area contributed by atoms with Gasteiger partial charge in [-0.3, -0.25) is 9.89 Å². The molecule has 13 heteroatoms. The van der Waals surface area contributed by atoms with Crippen LogP contribution in [0.3, 0.4) is 0 Å². The van der Waals surface area contributed by atoms with E-state index in [9.17, 15) is 18.0 Å². The van der Waals surface area contributed by atoms with Crippen LogP contribution in [0.15, 0.2) is 42.6 Å². The number of hydrogen-bond donors (Lipinski definition) is 2. The molecule has 4 rings (SSSR count). The maximum absolute atomic E-state index is 13.8. The summed E-state index contributed by atoms with van der Waals surface area (Å²) in [6.07, 6.45) is -4.06. The first kappa shape index (κ1) is 21.0. The second kappa shape index (κ2) is 8.09. The van der Waals surface area contributed by atoms with Crippen molar-refractivity contribution in [2.45, 2.75) is 13.1 Å². The summed E-state index contributed by atoms with van der Waals surface area (Å²) < 4.78 is 46.8. The molecule has 0 aliphatic rings. The van der Waals surface area contributed by atoms with Crippen LogP contribution in [0.1, 0.15) is 21.9 Å². The molecule has 0 spiro atoms. The summed E-state index contributed by atoms with van der Waals surface area (Å²) in [7, 11) is 1.35. The lowest BCUT2D eigenvalue weighted by Gasteiger charge is -2.12. The maximum atomic E-state index is 13.8. The zero-order valence-corrected chi connectivity index (χ0v) is 16.7. The predicted octanol–water partition coefficient (Wildman–Crippen LogP) is 3.04. The number of benzene rings is 1. The second-order valence-corrected chi connectivity index (χ2v) is 6.53. The zero-order chi connectivity index (χ0) is 22.9. The minimum Gasteiger partial charge on any atom is -0.480 e. The fourth-order valence-electron chi connectivity index (χ4n) is 2.90. The molecular formula is C19H15F3N8O2. The Hall–Kier alpha value is -4.29. The molecule has 0 aliphatic carbocycles. The van der Waals surface area contributed by atoms with Gasteiger partial charge in [-0.2, -0.15) is 23.4 Å². The van der Waals surface area contributed by atoms with Gasteiger partial charge in [-0.1, -0.05) is 12.1 Å². The molecule has 0 saturated carbocycles. The van der Waals surface area contributed by atoms with Crippen LogP contribution in [0.4, 0.5) is 18.9 Å². The number of nitrogens with zero attached hydrogens (tertiary/aromatic N) is 6. The number of rotatable bonds is 5. The van der Waals surface area contributed by atoms with Crippen molar-refractivity contribution in [3.05, 3.63) is 59.7 Å². The van der Waals surface area contributed by atoms with E-state index in [0.29, 0.717) is 21.9 Å². The lowest BCUT2D eigenvalue weighted by Crippen LogP contribution is -2.21. The monoisotopic (exact) mass is 444 g/mol. The largest absolute Gasteiger partial charge is 0.480 e. The van der Waals surface area contributed by atoms with E-state index >= 15 is 0 Å². The third kappa shape index (κ3) is 4.12. The Morgan fingerprint density at radius 1 is 1.19 bits per heavy atom. The Morgan fingerprint density at radius 2 is 2.00 bits per heavy atom. The number of methoxy groups -OCH3 is 1. The van der Waals surface area contributed by atoms with Gasteiger partial charge in [0, 0.05) is 17.3 Å². The number of carbonyl (C=O) groups excluding carboxylic acids is 1. The maximum Gasteiger partial charge on any atom is 0.434 e. The fourth-order valence-corrected chi connectivity index (χ4v) is 2.90. The molecule has 1 amide bonds. The summed E-state index contributed by atoms with van der Waals surface area (Å²) in [6.45, 7) is 1.73. The van der Waals surface area contributed by atoms with Crippen LogP contribution >= 0.6 is 0 Å². The van der Waals surface area contributed by atoms with Gasteiger partial charge in [-0.25, -0.2) is 9.67 Å². The van der Waals surface area contributed by atoms with Gasteiger partial charge in [-0.05, 0) is 25.1 Å². The quantitative estimate of drug-likeness (QED) is 0.485. The van der Waals surface area contributed by atoms with Gasteiger partial charge in [0.25, 0.3) is 5.91 Å². The highest BCUT2D eigenvalue weighted by Crippen LogP contribution is 2.34. The highest BCUT2D eigenvalue weighted by molar-refractivity contribution is 6.05. The summed E-state index contributed by atoms with van der Waals surface area (Å²) in [6, 6.07) is 9.00. The standard InChI is InChI=1S/C19H15F3N8O2/c1-10-24-17(29-26-10)11-4-3-5-12(8-11)25-18(31)13-9-23-30(16(13)19(20,21)22)14-6-7-15(32-2)28-27-14/h3-9H,1-2H3,(H,25,31)(H,24,26,29). The molecule has 0 bridgehead atoms. The molecule has 1 aromatic carbocycles. The smallest absolute Gasteiger partial charge is 0.434 e. The van der Waals surface area contributed by atoms with Crippen molar-refractivity contribution in [3.63, 3.8) is 0 Å². The number of aromatic nitrogens is 7. The molecule has 4 aromatic rings. The lowest BCUT2D eigenvalue weighted by atomic mass is 10.1. The van der Waals surface area contributed by atoms with Crippen molar-refractivity contribution in [2.24, 2.45) is 0 Å². The number of hydrogen-bond acceptors (Lipinski definition) is 7. The third-order valence-electron chi connectivity index (χ3n) is 4.31. The Kier molecular flexibility index (Phi) is 5.30. The minimum absolute atomic E-state index is 0.119. The van der Waals surface area contributed by atoms with E-state index in [2.05, 4.69) is 35.8 Å². The summed E-state index contributed by atoms with van der Waals surface area (Å²) in [5.74, 6) is -0.111. The van der Waals surface area contributed by atoms with Crippen molar-refractivity contribution in [1.29, 1.82) is 0 Å². The number of alkyl halides is 3. The van der Waals surface area contributed by atoms with E-state index in [-0.39, 0.29) is 17.4 Å². The van der Waals surface area contributed by atoms with Crippen LogP contribution in [-0.2, 0) is 6.18 Å². The van der Waals surface area contributed by atoms with Gasteiger partial charge in [0.2, 0.25) is 5.88 Å². The zero-order valence-electron chi connectivity index (χ0n) is 16.7. The molecule has 0 radical (unpaired) electrons. The van der Waals surface area contributed by atoms with Crippen molar-refractivity contribution in [1.82, 2.24) is 35.2 Å².